The van der Waals surface area contributed by atoms with Crippen molar-refractivity contribution in [2.24, 2.45) is 11.8 Å². The van der Waals surface area contributed by atoms with Crippen molar-refractivity contribution in [1.29, 1.82) is 0 Å². The highest BCUT2D eigenvalue weighted by molar-refractivity contribution is 5.83. The number of hydrogen-bond acceptors (Lipinski definition) is 3. The van der Waals surface area contributed by atoms with E-state index in [4.69, 9.17) is 5.11 Å². The first-order chi connectivity index (χ1) is 8.88. The van der Waals surface area contributed by atoms with Crippen LogP contribution >= 0.6 is 0 Å². The summed E-state index contributed by atoms with van der Waals surface area (Å²) in [7, 11) is 0. The summed E-state index contributed by atoms with van der Waals surface area (Å²) < 4.78 is 0. The molecule has 0 aromatic rings. The van der Waals surface area contributed by atoms with Gasteiger partial charge in [-0.2, -0.15) is 0 Å². The van der Waals surface area contributed by atoms with Crippen molar-refractivity contribution < 1.29 is 19.8 Å². The summed E-state index contributed by atoms with van der Waals surface area (Å²) >= 11 is 0. The minimum absolute atomic E-state index is 0.120. The molecule has 2 aliphatic heterocycles. The van der Waals surface area contributed by atoms with Crippen LogP contribution in [0.1, 0.15) is 26.7 Å². The summed E-state index contributed by atoms with van der Waals surface area (Å²) in [6.07, 6.45) is 0.485. The van der Waals surface area contributed by atoms with Crippen LogP contribution in [0, 0.1) is 11.8 Å². The minimum Gasteiger partial charge on any atom is -0.480 e. The van der Waals surface area contributed by atoms with Crippen LogP contribution in [-0.2, 0) is 4.79 Å². The fraction of sp³-hybridized carbons (Fsp3) is 0.846. The molecule has 0 bridgehead atoms. The number of carboxylic acids is 1. The van der Waals surface area contributed by atoms with Gasteiger partial charge in [-0.25, -0.2) is 9.59 Å². The zero-order chi connectivity index (χ0) is 14.2. The molecule has 0 aromatic heterocycles. The third-order valence-electron chi connectivity index (χ3n) is 3.95. The Hall–Kier alpha value is -1.30. The third kappa shape index (κ3) is 3.00. The van der Waals surface area contributed by atoms with Gasteiger partial charge in [-0.1, -0.05) is 13.8 Å². The molecule has 2 heterocycles. The van der Waals surface area contributed by atoms with Crippen molar-refractivity contribution in [3.8, 4) is 0 Å². The molecule has 6 heteroatoms. The number of aliphatic hydroxyl groups is 1. The summed E-state index contributed by atoms with van der Waals surface area (Å²) in [5, 5.41) is 18.7. The standard InChI is InChI=1S/C13H22N2O4/c1-8-3-9(2)6-14(5-8)13(19)15-7-10(16)4-11(15)12(17)18/h8-11,16H,3-7H2,1-2H3,(H,17,18). The van der Waals surface area contributed by atoms with Gasteiger partial charge < -0.3 is 20.0 Å². The molecule has 2 saturated heterocycles. The average molecular weight is 270 g/mol. The summed E-state index contributed by atoms with van der Waals surface area (Å²) in [6, 6.07) is -1.14. The Morgan fingerprint density at radius 1 is 1.05 bits per heavy atom. The van der Waals surface area contributed by atoms with E-state index in [1.807, 2.05) is 0 Å². The first-order valence-corrected chi connectivity index (χ1v) is 6.85. The summed E-state index contributed by atoms with van der Waals surface area (Å²) in [5.41, 5.74) is 0. The van der Waals surface area contributed by atoms with Crippen molar-refractivity contribution in [3.05, 3.63) is 0 Å². The van der Waals surface area contributed by atoms with Crippen LogP contribution in [0.5, 0.6) is 0 Å². The molecule has 108 valence electrons. The molecule has 0 aliphatic carbocycles. The van der Waals surface area contributed by atoms with Gasteiger partial charge in [-0.3, -0.25) is 0 Å². The van der Waals surface area contributed by atoms with E-state index in [0.29, 0.717) is 24.9 Å². The molecule has 2 amide bonds. The largest absolute Gasteiger partial charge is 0.480 e. The van der Waals surface area contributed by atoms with Gasteiger partial charge in [0.25, 0.3) is 0 Å². The van der Waals surface area contributed by atoms with Crippen LogP contribution in [-0.4, -0.2) is 63.8 Å². The maximum Gasteiger partial charge on any atom is 0.326 e. The SMILES string of the molecule is CC1CC(C)CN(C(=O)N2CC(O)CC2C(=O)O)C1. The second-order valence-electron chi connectivity index (χ2n) is 6.03. The summed E-state index contributed by atoms with van der Waals surface area (Å²) in [5.74, 6) is -0.171. The normalized spacial score (nSPS) is 35.5. The van der Waals surface area contributed by atoms with Gasteiger partial charge in [0.05, 0.1) is 6.10 Å². The second kappa shape index (κ2) is 5.36. The number of aliphatic hydroxyl groups excluding tert-OH is 1. The summed E-state index contributed by atoms with van der Waals surface area (Å²) in [6.45, 7) is 5.66. The van der Waals surface area contributed by atoms with Crippen LogP contribution < -0.4 is 0 Å². The minimum atomic E-state index is -1.04. The molecule has 19 heavy (non-hydrogen) atoms. The molecule has 0 aromatic carbocycles. The maximum absolute atomic E-state index is 12.4. The summed E-state index contributed by atoms with van der Waals surface area (Å²) in [4.78, 5) is 26.6. The predicted molar refractivity (Wildman–Crippen MR) is 68.7 cm³/mol. The fourth-order valence-corrected chi connectivity index (χ4v) is 3.26. The Bertz CT molecular complexity index is 364. The van der Waals surface area contributed by atoms with E-state index in [9.17, 15) is 14.7 Å². The highest BCUT2D eigenvalue weighted by Gasteiger charge is 2.41. The number of β-amino-alcohol motifs (C(OH)–C–C–N with tert-alkyl or cyclic N) is 1. The number of urea groups is 1. The van der Waals surface area contributed by atoms with E-state index in [-0.39, 0.29) is 19.0 Å². The number of aliphatic carboxylic acids is 1. The quantitative estimate of drug-likeness (QED) is 0.731. The van der Waals surface area contributed by atoms with E-state index in [2.05, 4.69) is 13.8 Å². The van der Waals surface area contributed by atoms with E-state index in [0.717, 1.165) is 6.42 Å². The Morgan fingerprint density at radius 3 is 2.16 bits per heavy atom. The van der Waals surface area contributed by atoms with E-state index in [1.165, 1.54) is 4.90 Å². The van der Waals surface area contributed by atoms with Crippen molar-refractivity contribution >= 4 is 12.0 Å². The van der Waals surface area contributed by atoms with Gasteiger partial charge in [0.15, 0.2) is 0 Å². The molecule has 2 rings (SSSR count). The van der Waals surface area contributed by atoms with Crippen LogP contribution in [0.25, 0.3) is 0 Å². The van der Waals surface area contributed by atoms with Gasteiger partial charge in [-0.15, -0.1) is 0 Å². The third-order valence-corrected chi connectivity index (χ3v) is 3.95. The number of amides is 2. The van der Waals surface area contributed by atoms with Gasteiger partial charge in [0, 0.05) is 26.1 Å². The van der Waals surface area contributed by atoms with Gasteiger partial charge >= 0.3 is 12.0 Å². The highest BCUT2D eigenvalue weighted by atomic mass is 16.4. The van der Waals surface area contributed by atoms with Crippen LogP contribution in [0.4, 0.5) is 4.79 Å². The maximum atomic E-state index is 12.4. The molecule has 0 radical (unpaired) electrons. The molecule has 2 aliphatic rings. The van der Waals surface area contributed by atoms with Crippen molar-refractivity contribution in [2.45, 2.75) is 38.8 Å². The lowest BCUT2D eigenvalue weighted by Gasteiger charge is -2.38. The number of likely N-dealkylation sites (tertiary alicyclic amines) is 2. The first kappa shape index (κ1) is 14.1. The molecule has 2 N–H and O–H groups in total. The number of carbonyl (C=O) groups excluding carboxylic acids is 1. The predicted octanol–water partition coefficient (Wildman–Crippen LogP) is 0.604. The Labute approximate surface area is 113 Å². The number of carbonyl (C=O) groups is 2. The van der Waals surface area contributed by atoms with Crippen molar-refractivity contribution in [2.75, 3.05) is 19.6 Å². The van der Waals surface area contributed by atoms with Crippen LogP contribution in [0.15, 0.2) is 0 Å². The first-order valence-electron chi connectivity index (χ1n) is 6.85. The van der Waals surface area contributed by atoms with E-state index in [1.54, 1.807) is 4.90 Å². The van der Waals surface area contributed by atoms with E-state index < -0.39 is 18.1 Å². The number of carboxylic acid groups (broad SMARTS) is 1. The molecular formula is C13H22N2O4. The molecule has 0 spiro atoms. The van der Waals surface area contributed by atoms with E-state index >= 15 is 0 Å². The number of piperidine rings is 1. The van der Waals surface area contributed by atoms with Crippen LogP contribution in [0.3, 0.4) is 0 Å². The smallest absolute Gasteiger partial charge is 0.326 e. The Kier molecular flexibility index (Phi) is 3.99. The lowest BCUT2D eigenvalue weighted by Crippen LogP contribution is -2.52. The zero-order valence-corrected chi connectivity index (χ0v) is 11.5. The zero-order valence-electron chi connectivity index (χ0n) is 11.5. The van der Waals surface area contributed by atoms with Crippen LogP contribution in [0.2, 0.25) is 0 Å². The number of nitrogens with zero attached hydrogens (tertiary/aromatic N) is 2. The highest BCUT2D eigenvalue weighted by Crippen LogP contribution is 2.25. The second-order valence-corrected chi connectivity index (χ2v) is 6.03. The van der Waals surface area contributed by atoms with Gasteiger partial charge in [0.2, 0.25) is 0 Å². The lowest BCUT2D eigenvalue weighted by atomic mass is 9.92. The van der Waals surface area contributed by atoms with Crippen molar-refractivity contribution in [1.82, 2.24) is 9.80 Å². The molecule has 0 saturated carbocycles. The molecule has 4 atom stereocenters. The Balaban J connectivity index is 2.07. The molecule has 6 nitrogen and oxygen atoms in total. The molecular weight excluding hydrogens is 248 g/mol. The van der Waals surface area contributed by atoms with Gasteiger partial charge in [0.1, 0.15) is 6.04 Å². The number of rotatable bonds is 1. The average Bonchev–Trinajstić information content (AvgIpc) is 2.69. The molecule has 4 unspecified atom stereocenters. The molecule has 2 fully saturated rings. The fourth-order valence-electron chi connectivity index (χ4n) is 3.26. The Morgan fingerprint density at radius 2 is 1.63 bits per heavy atom. The van der Waals surface area contributed by atoms with Crippen molar-refractivity contribution in [3.63, 3.8) is 0 Å². The topological polar surface area (TPSA) is 81.1 Å². The van der Waals surface area contributed by atoms with Gasteiger partial charge in [-0.05, 0) is 18.3 Å². The lowest BCUT2D eigenvalue weighted by molar-refractivity contribution is -0.141. The monoisotopic (exact) mass is 270 g/mol. The number of hydrogen-bond donors (Lipinski definition) is 2.